The van der Waals surface area contributed by atoms with E-state index in [1.165, 1.54) is 23.9 Å². The summed E-state index contributed by atoms with van der Waals surface area (Å²) < 4.78 is 16.3. The van der Waals surface area contributed by atoms with Crippen molar-refractivity contribution < 1.29 is 9.18 Å². The van der Waals surface area contributed by atoms with Crippen LogP contribution in [-0.4, -0.2) is 26.4 Å². The molecule has 8 heteroatoms. The second kappa shape index (κ2) is 8.01. The molecule has 1 amide bonds. The molecule has 0 radical (unpaired) electrons. The van der Waals surface area contributed by atoms with Gasteiger partial charge in [-0.05, 0) is 44.2 Å². The van der Waals surface area contributed by atoms with Crippen LogP contribution in [0.15, 0.2) is 52.1 Å². The molecular weight excluding hydrogens is 419 g/mol. The zero-order chi connectivity index (χ0) is 18.7. The van der Waals surface area contributed by atoms with Gasteiger partial charge in [0.2, 0.25) is 5.91 Å². The number of nitrogens with zero attached hydrogens (tertiary/aromatic N) is 3. The number of carbonyl (C=O) groups excluding carboxylic acids is 1. The lowest BCUT2D eigenvalue weighted by Crippen LogP contribution is -2.15. The molecule has 0 fully saturated rings. The standard InChI is InChI=1S/C18H16BrFN4OS/c1-11-3-6-14(7-4-11)24-12(2)22-23-18(24)26-10-17(25)21-16-8-5-13(19)9-15(16)20/h3-9H,10H2,1-2H3,(H,21,25). The molecule has 2 aromatic carbocycles. The fraction of sp³-hybridized carbons (Fsp3) is 0.167. The van der Waals surface area contributed by atoms with Gasteiger partial charge in [0, 0.05) is 10.2 Å². The fourth-order valence-corrected chi connectivity index (χ4v) is 3.47. The van der Waals surface area contributed by atoms with Crippen LogP contribution in [0.5, 0.6) is 0 Å². The topological polar surface area (TPSA) is 59.8 Å². The first-order chi connectivity index (χ1) is 12.4. The Morgan fingerprint density at radius 2 is 1.92 bits per heavy atom. The van der Waals surface area contributed by atoms with Gasteiger partial charge in [-0.2, -0.15) is 0 Å². The smallest absolute Gasteiger partial charge is 0.234 e. The number of aryl methyl sites for hydroxylation is 2. The molecule has 0 unspecified atom stereocenters. The Morgan fingerprint density at radius 3 is 2.62 bits per heavy atom. The third-order valence-corrected chi connectivity index (χ3v) is 5.05. The van der Waals surface area contributed by atoms with Crippen molar-refractivity contribution in [3.05, 3.63) is 64.1 Å². The predicted octanol–water partition coefficient (Wildman–Crippen LogP) is 4.52. The summed E-state index contributed by atoms with van der Waals surface area (Å²) in [6.45, 7) is 3.87. The van der Waals surface area contributed by atoms with E-state index >= 15 is 0 Å². The number of amides is 1. The number of aromatic nitrogens is 3. The van der Waals surface area contributed by atoms with Gasteiger partial charge in [0.25, 0.3) is 0 Å². The summed E-state index contributed by atoms with van der Waals surface area (Å²) in [4.78, 5) is 12.2. The normalized spacial score (nSPS) is 10.8. The summed E-state index contributed by atoms with van der Waals surface area (Å²) in [6.07, 6.45) is 0. The second-order valence-electron chi connectivity index (χ2n) is 5.66. The van der Waals surface area contributed by atoms with Crippen molar-refractivity contribution in [1.82, 2.24) is 14.8 Å². The predicted molar refractivity (Wildman–Crippen MR) is 104 cm³/mol. The molecule has 3 aromatic rings. The highest BCUT2D eigenvalue weighted by Crippen LogP contribution is 2.23. The first-order valence-electron chi connectivity index (χ1n) is 7.81. The van der Waals surface area contributed by atoms with Gasteiger partial charge in [-0.3, -0.25) is 9.36 Å². The largest absolute Gasteiger partial charge is 0.323 e. The van der Waals surface area contributed by atoms with Crippen molar-refractivity contribution in [2.24, 2.45) is 0 Å². The number of benzene rings is 2. The number of hydrogen-bond donors (Lipinski definition) is 1. The van der Waals surface area contributed by atoms with E-state index in [0.29, 0.717) is 9.63 Å². The molecular formula is C18H16BrFN4OS. The highest BCUT2D eigenvalue weighted by atomic mass is 79.9. The van der Waals surface area contributed by atoms with Crippen LogP contribution >= 0.6 is 27.7 Å². The number of rotatable bonds is 5. The minimum atomic E-state index is -0.489. The molecule has 0 saturated heterocycles. The van der Waals surface area contributed by atoms with Crippen molar-refractivity contribution in [2.75, 3.05) is 11.1 Å². The van der Waals surface area contributed by atoms with E-state index < -0.39 is 5.82 Å². The molecule has 0 bridgehead atoms. The maximum absolute atomic E-state index is 13.8. The van der Waals surface area contributed by atoms with E-state index in [4.69, 9.17) is 0 Å². The Labute approximate surface area is 163 Å². The van der Waals surface area contributed by atoms with Crippen molar-refractivity contribution in [2.45, 2.75) is 19.0 Å². The van der Waals surface area contributed by atoms with Crippen LogP contribution in [0.2, 0.25) is 0 Å². The summed E-state index contributed by atoms with van der Waals surface area (Å²) >= 11 is 4.43. The van der Waals surface area contributed by atoms with Crippen molar-refractivity contribution in [1.29, 1.82) is 0 Å². The van der Waals surface area contributed by atoms with Crippen LogP contribution in [0.25, 0.3) is 5.69 Å². The molecule has 26 heavy (non-hydrogen) atoms. The molecule has 0 aliphatic rings. The quantitative estimate of drug-likeness (QED) is 0.599. The second-order valence-corrected chi connectivity index (χ2v) is 7.52. The van der Waals surface area contributed by atoms with Gasteiger partial charge in [-0.25, -0.2) is 4.39 Å². The average molecular weight is 435 g/mol. The fourth-order valence-electron chi connectivity index (χ4n) is 2.33. The van der Waals surface area contributed by atoms with Gasteiger partial charge in [0.15, 0.2) is 5.16 Å². The molecule has 0 aliphatic carbocycles. The van der Waals surface area contributed by atoms with E-state index in [2.05, 4.69) is 31.4 Å². The lowest BCUT2D eigenvalue weighted by molar-refractivity contribution is -0.113. The minimum Gasteiger partial charge on any atom is -0.323 e. The number of hydrogen-bond acceptors (Lipinski definition) is 4. The number of halogens is 2. The molecule has 0 aliphatic heterocycles. The third kappa shape index (κ3) is 4.31. The number of thioether (sulfide) groups is 1. The summed E-state index contributed by atoms with van der Waals surface area (Å²) in [5.74, 6) is 0.0268. The highest BCUT2D eigenvalue weighted by molar-refractivity contribution is 9.10. The molecule has 0 atom stereocenters. The van der Waals surface area contributed by atoms with Crippen LogP contribution in [0, 0.1) is 19.7 Å². The van der Waals surface area contributed by atoms with Gasteiger partial charge in [-0.1, -0.05) is 45.4 Å². The molecule has 1 aromatic heterocycles. The van der Waals surface area contributed by atoms with Crippen molar-refractivity contribution in [3.8, 4) is 5.69 Å². The van der Waals surface area contributed by atoms with E-state index in [9.17, 15) is 9.18 Å². The van der Waals surface area contributed by atoms with Gasteiger partial charge in [0.1, 0.15) is 11.6 Å². The number of anilines is 1. The van der Waals surface area contributed by atoms with Gasteiger partial charge >= 0.3 is 0 Å². The van der Waals surface area contributed by atoms with Crippen molar-refractivity contribution in [3.63, 3.8) is 0 Å². The SMILES string of the molecule is Cc1ccc(-n2c(C)nnc2SCC(=O)Nc2ccc(Br)cc2F)cc1. The monoisotopic (exact) mass is 434 g/mol. The summed E-state index contributed by atoms with van der Waals surface area (Å²) in [7, 11) is 0. The van der Waals surface area contributed by atoms with E-state index in [1.807, 2.05) is 42.7 Å². The Hall–Kier alpha value is -2.19. The molecule has 0 saturated carbocycles. The van der Waals surface area contributed by atoms with E-state index in [1.54, 1.807) is 6.07 Å². The summed E-state index contributed by atoms with van der Waals surface area (Å²) in [6, 6.07) is 12.5. The number of carbonyl (C=O) groups is 1. The maximum atomic E-state index is 13.8. The molecule has 3 rings (SSSR count). The van der Waals surface area contributed by atoms with Crippen molar-refractivity contribution >= 4 is 39.3 Å². The van der Waals surface area contributed by atoms with Crippen LogP contribution < -0.4 is 5.32 Å². The molecule has 5 nitrogen and oxygen atoms in total. The summed E-state index contributed by atoms with van der Waals surface area (Å²) in [5.41, 5.74) is 2.24. The minimum absolute atomic E-state index is 0.0967. The molecule has 1 N–H and O–H groups in total. The van der Waals surface area contributed by atoms with Crippen LogP contribution in [0.3, 0.4) is 0 Å². The Morgan fingerprint density at radius 1 is 1.19 bits per heavy atom. The van der Waals surface area contributed by atoms with E-state index in [0.717, 1.165) is 17.1 Å². The lowest BCUT2D eigenvalue weighted by Gasteiger charge is -2.09. The summed E-state index contributed by atoms with van der Waals surface area (Å²) in [5, 5.41) is 11.4. The molecule has 1 heterocycles. The van der Waals surface area contributed by atoms with Crippen LogP contribution in [-0.2, 0) is 4.79 Å². The first-order valence-corrected chi connectivity index (χ1v) is 9.58. The maximum Gasteiger partial charge on any atom is 0.234 e. The third-order valence-electron chi connectivity index (χ3n) is 3.62. The average Bonchev–Trinajstić information content (AvgIpc) is 2.97. The van der Waals surface area contributed by atoms with E-state index in [-0.39, 0.29) is 17.3 Å². The first kappa shape index (κ1) is 18.6. The molecule has 0 spiro atoms. The zero-order valence-corrected chi connectivity index (χ0v) is 16.6. The Bertz CT molecular complexity index is 943. The van der Waals surface area contributed by atoms with Gasteiger partial charge in [0.05, 0.1) is 11.4 Å². The number of nitrogens with one attached hydrogen (secondary N) is 1. The highest BCUT2D eigenvalue weighted by Gasteiger charge is 2.14. The zero-order valence-electron chi connectivity index (χ0n) is 14.2. The van der Waals surface area contributed by atoms with Crippen LogP contribution in [0.1, 0.15) is 11.4 Å². The Kier molecular flexibility index (Phi) is 5.73. The lowest BCUT2D eigenvalue weighted by atomic mass is 10.2. The van der Waals surface area contributed by atoms with Crippen LogP contribution in [0.4, 0.5) is 10.1 Å². The van der Waals surface area contributed by atoms with Gasteiger partial charge in [-0.15, -0.1) is 10.2 Å². The molecule has 134 valence electrons. The van der Waals surface area contributed by atoms with Gasteiger partial charge < -0.3 is 5.32 Å². The Balaban J connectivity index is 1.70.